The Bertz CT molecular complexity index is 534. The molecule has 0 unspecified atom stereocenters. The van der Waals surface area contributed by atoms with E-state index in [1.165, 1.54) is 11.1 Å². The van der Waals surface area contributed by atoms with E-state index in [2.05, 4.69) is 60.6 Å². The summed E-state index contributed by atoms with van der Waals surface area (Å²) in [4.78, 5) is 0. The molecule has 0 aliphatic rings. The van der Waals surface area contributed by atoms with E-state index in [0.717, 1.165) is 35.8 Å². The number of nitrogens with zero attached hydrogens (tertiary/aromatic N) is 2. The molecule has 2 rings (SSSR count). The molecule has 0 radical (unpaired) electrons. The third-order valence-electron chi connectivity index (χ3n) is 3.23. The first-order valence-electron chi connectivity index (χ1n) is 7.24. The topological polar surface area (TPSA) is 37.8 Å². The van der Waals surface area contributed by atoms with Gasteiger partial charge in [-0.05, 0) is 31.0 Å². The van der Waals surface area contributed by atoms with Gasteiger partial charge in [-0.3, -0.25) is 0 Å². The van der Waals surface area contributed by atoms with Gasteiger partial charge < -0.3 is 5.32 Å². The van der Waals surface area contributed by atoms with Gasteiger partial charge in [-0.2, -0.15) is 0 Å². The maximum atomic E-state index is 4.31. The highest BCUT2D eigenvalue weighted by atomic mass is 32.1. The Labute approximate surface area is 125 Å². The number of nitrogens with one attached hydrogen (secondary N) is 1. The molecule has 0 atom stereocenters. The van der Waals surface area contributed by atoms with Crippen LogP contribution < -0.4 is 5.32 Å². The third kappa shape index (κ3) is 4.69. The maximum Gasteiger partial charge on any atom is 0.121 e. The van der Waals surface area contributed by atoms with Gasteiger partial charge in [-0.25, -0.2) is 0 Å². The van der Waals surface area contributed by atoms with E-state index >= 15 is 0 Å². The molecule has 1 aromatic heterocycles. The maximum absolute atomic E-state index is 4.31. The van der Waals surface area contributed by atoms with Crippen LogP contribution in [0.15, 0.2) is 24.3 Å². The van der Waals surface area contributed by atoms with E-state index in [4.69, 9.17) is 0 Å². The van der Waals surface area contributed by atoms with Crippen molar-refractivity contribution in [2.45, 2.75) is 46.1 Å². The molecule has 1 aromatic carbocycles. The van der Waals surface area contributed by atoms with Crippen LogP contribution in [0, 0.1) is 6.92 Å². The molecule has 0 fully saturated rings. The molecule has 0 aliphatic heterocycles. The van der Waals surface area contributed by atoms with Crippen molar-refractivity contribution in [1.82, 2.24) is 15.5 Å². The molecule has 0 aliphatic carbocycles. The first kappa shape index (κ1) is 15.1. The highest BCUT2D eigenvalue weighted by Crippen LogP contribution is 2.17. The Morgan fingerprint density at radius 2 is 1.90 bits per heavy atom. The SMILES string of the molecule is Cc1ccccc1Cc1nnc(CCCNC(C)C)s1. The van der Waals surface area contributed by atoms with E-state index in [9.17, 15) is 0 Å². The zero-order valence-electron chi connectivity index (χ0n) is 12.5. The van der Waals surface area contributed by atoms with Gasteiger partial charge in [0, 0.05) is 18.9 Å². The lowest BCUT2D eigenvalue weighted by Crippen LogP contribution is -2.23. The van der Waals surface area contributed by atoms with Crippen LogP contribution in [-0.2, 0) is 12.8 Å². The standard InChI is InChI=1S/C16H23N3S/c1-12(2)17-10-6-9-15-18-19-16(20-15)11-14-8-5-4-7-13(14)3/h4-5,7-8,12,17H,6,9-11H2,1-3H3. The van der Waals surface area contributed by atoms with E-state index in [0.29, 0.717) is 6.04 Å². The molecule has 2 aromatic rings. The zero-order valence-corrected chi connectivity index (χ0v) is 13.3. The van der Waals surface area contributed by atoms with Crippen molar-refractivity contribution in [1.29, 1.82) is 0 Å². The monoisotopic (exact) mass is 289 g/mol. The molecule has 0 amide bonds. The molecule has 4 heteroatoms. The summed E-state index contributed by atoms with van der Waals surface area (Å²) in [5, 5.41) is 14.3. The Morgan fingerprint density at radius 1 is 1.15 bits per heavy atom. The van der Waals surface area contributed by atoms with Crippen LogP contribution in [0.4, 0.5) is 0 Å². The second kappa shape index (κ2) is 7.50. The first-order chi connectivity index (χ1) is 9.65. The Morgan fingerprint density at radius 3 is 2.65 bits per heavy atom. The fourth-order valence-electron chi connectivity index (χ4n) is 2.06. The fraction of sp³-hybridized carbons (Fsp3) is 0.500. The molecule has 1 heterocycles. The summed E-state index contributed by atoms with van der Waals surface area (Å²) in [5.74, 6) is 0. The predicted molar refractivity (Wildman–Crippen MR) is 85.4 cm³/mol. The van der Waals surface area contributed by atoms with Gasteiger partial charge in [-0.1, -0.05) is 38.1 Å². The summed E-state index contributed by atoms with van der Waals surface area (Å²) in [6.45, 7) is 7.54. The summed E-state index contributed by atoms with van der Waals surface area (Å²) in [7, 11) is 0. The molecule has 0 spiro atoms. The minimum atomic E-state index is 0.557. The molecule has 0 saturated carbocycles. The van der Waals surface area contributed by atoms with E-state index in [1.807, 2.05) is 0 Å². The Hall–Kier alpha value is -1.26. The largest absolute Gasteiger partial charge is 0.315 e. The number of rotatable bonds is 7. The van der Waals surface area contributed by atoms with Crippen LogP contribution in [0.1, 0.15) is 41.4 Å². The van der Waals surface area contributed by atoms with Crippen molar-refractivity contribution < 1.29 is 0 Å². The average molecular weight is 289 g/mol. The summed E-state index contributed by atoms with van der Waals surface area (Å²) in [6.07, 6.45) is 3.04. The van der Waals surface area contributed by atoms with Crippen LogP contribution in [0.25, 0.3) is 0 Å². The Balaban J connectivity index is 1.85. The van der Waals surface area contributed by atoms with Gasteiger partial charge in [0.2, 0.25) is 0 Å². The smallest absolute Gasteiger partial charge is 0.121 e. The van der Waals surface area contributed by atoms with Crippen molar-refractivity contribution in [2.75, 3.05) is 6.54 Å². The molecule has 1 N–H and O–H groups in total. The van der Waals surface area contributed by atoms with Crippen molar-refractivity contribution in [2.24, 2.45) is 0 Å². The summed E-state index contributed by atoms with van der Waals surface area (Å²) >= 11 is 1.75. The number of aryl methyl sites for hydroxylation is 2. The quantitative estimate of drug-likeness (QED) is 0.794. The lowest BCUT2D eigenvalue weighted by Gasteiger charge is -2.05. The lowest BCUT2D eigenvalue weighted by molar-refractivity contribution is 0.569. The predicted octanol–water partition coefficient (Wildman–Crippen LogP) is 3.37. The molecule has 3 nitrogen and oxygen atoms in total. The first-order valence-corrected chi connectivity index (χ1v) is 8.06. The van der Waals surface area contributed by atoms with Crippen LogP contribution in [0.2, 0.25) is 0 Å². The summed E-state index contributed by atoms with van der Waals surface area (Å²) in [6, 6.07) is 9.03. The van der Waals surface area contributed by atoms with Gasteiger partial charge in [0.1, 0.15) is 10.0 Å². The molecule has 20 heavy (non-hydrogen) atoms. The minimum Gasteiger partial charge on any atom is -0.315 e. The van der Waals surface area contributed by atoms with Gasteiger partial charge in [0.15, 0.2) is 0 Å². The van der Waals surface area contributed by atoms with Gasteiger partial charge in [0.05, 0.1) is 0 Å². The van der Waals surface area contributed by atoms with Crippen LogP contribution >= 0.6 is 11.3 Å². The number of benzene rings is 1. The van der Waals surface area contributed by atoms with Crippen molar-refractivity contribution in [3.63, 3.8) is 0 Å². The van der Waals surface area contributed by atoms with E-state index in [1.54, 1.807) is 11.3 Å². The average Bonchev–Trinajstić information content (AvgIpc) is 2.85. The van der Waals surface area contributed by atoms with Crippen LogP contribution in [0.3, 0.4) is 0 Å². The van der Waals surface area contributed by atoms with E-state index < -0.39 is 0 Å². The van der Waals surface area contributed by atoms with Crippen molar-refractivity contribution in [3.05, 3.63) is 45.4 Å². The second-order valence-electron chi connectivity index (χ2n) is 5.41. The van der Waals surface area contributed by atoms with Crippen LogP contribution in [-0.4, -0.2) is 22.8 Å². The third-order valence-corrected chi connectivity index (χ3v) is 4.21. The molecule has 0 saturated heterocycles. The molecule has 108 valence electrons. The highest BCUT2D eigenvalue weighted by Gasteiger charge is 2.06. The van der Waals surface area contributed by atoms with Gasteiger partial charge >= 0.3 is 0 Å². The van der Waals surface area contributed by atoms with Crippen molar-refractivity contribution >= 4 is 11.3 Å². The molecular weight excluding hydrogens is 266 g/mol. The normalized spacial score (nSPS) is 11.2. The second-order valence-corrected chi connectivity index (χ2v) is 6.55. The van der Waals surface area contributed by atoms with Gasteiger partial charge in [0.25, 0.3) is 0 Å². The van der Waals surface area contributed by atoms with Crippen LogP contribution in [0.5, 0.6) is 0 Å². The summed E-state index contributed by atoms with van der Waals surface area (Å²) < 4.78 is 0. The highest BCUT2D eigenvalue weighted by molar-refractivity contribution is 7.11. The molecular formula is C16H23N3S. The fourth-order valence-corrected chi connectivity index (χ4v) is 2.97. The number of hydrogen-bond donors (Lipinski definition) is 1. The molecule has 0 bridgehead atoms. The number of hydrogen-bond acceptors (Lipinski definition) is 4. The number of aromatic nitrogens is 2. The zero-order chi connectivity index (χ0) is 14.4. The minimum absolute atomic E-state index is 0.557. The van der Waals surface area contributed by atoms with E-state index in [-0.39, 0.29) is 0 Å². The van der Waals surface area contributed by atoms with Gasteiger partial charge in [-0.15, -0.1) is 21.5 Å². The Kier molecular flexibility index (Phi) is 5.68. The lowest BCUT2D eigenvalue weighted by atomic mass is 10.1. The summed E-state index contributed by atoms with van der Waals surface area (Å²) in [5.41, 5.74) is 2.67. The van der Waals surface area contributed by atoms with Crippen molar-refractivity contribution in [3.8, 4) is 0 Å².